The number of H-pyrrole nitrogens is 1. The average molecular weight is 462 g/mol. The fraction of sp³-hybridized carbons (Fsp3) is 0.409. The Balaban J connectivity index is 1.50. The van der Waals surface area contributed by atoms with Crippen LogP contribution in [0.15, 0.2) is 27.4 Å². The molecule has 1 aliphatic carbocycles. The van der Waals surface area contributed by atoms with Crippen LogP contribution in [0.5, 0.6) is 11.5 Å². The van der Waals surface area contributed by atoms with Crippen molar-refractivity contribution in [3.05, 3.63) is 45.6 Å². The van der Waals surface area contributed by atoms with Crippen LogP contribution in [0.25, 0.3) is 10.8 Å². The van der Waals surface area contributed by atoms with Gasteiger partial charge >= 0.3 is 6.61 Å². The van der Waals surface area contributed by atoms with Crippen molar-refractivity contribution in [2.45, 2.75) is 45.9 Å². The Morgan fingerprint density at radius 2 is 2.06 bits per heavy atom. The molecule has 0 aliphatic heterocycles. The third-order valence-corrected chi connectivity index (χ3v) is 5.49. The molecule has 176 valence electrons. The fourth-order valence-electron chi connectivity index (χ4n) is 3.87. The molecule has 0 spiro atoms. The highest BCUT2D eigenvalue weighted by molar-refractivity contribution is 6.01. The van der Waals surface area contributed by atoms with Crippen LogP contribution in [0.2, 0.25) is 0 Å². The van der Waals surface area contributed by atoms with Crippen LogP contribution in [0.3, 0.4) is 0 Å². The van der Waals surface area contributed by atoms with Crippen molar-refractivity contribution < 1.29 is 27.5 Å². The first kappa shape index (κ1) is 22.7. The number of furan rings is 1. The number of aryl methyl sites for hydroxylation is 2. The number of benzene rings is 1. The monoisotopic (exact) mass is 462 g/mol. The number of nitrogens with one attached hydrogen (secondary N) is 2. The molecule has 0 radical (unpaired) electrons. The van der Waals surface area contributed by atoms with Gasteiger partial charge in [-0.05, 0) is 44.4 Å². The van der Waals surface area contributed by atoms with Gasteiger partial charge in [-0.15, -0.1) is 0 Å². The summed E-state index contributed by atoms with van der Waals surface area (Å²) in [5.74, 6) is 0.380. The van der Waals surface area contributed by atoms with Gasteiger partial charge < -0.3 is 13.9 Å². The molecule has 0 saturated heterocycles. The molecule has 33 heavy (non-hydrogen) atoms. The number of carbonyl (C=O) groups is 1. The average Bonchev–Trinajstić information content (AvgIpc) is 3.55. The van der Waals surface area contributed by atoms with Crippen LogP contribution >= 0.6 is 0 Å². The van der Waals surface area contributed by atoms with Crippen molar-refractivity contribution in [3.63, 3.8) is 0 Å². The van der Waals surface area contributed by atoms with E-state index in [-0.39, 0.29) is 41.3 Å². The summed E-state index contributed by atoms with van der Waals surface area (Å²) in [4.78, 5) is 27.1. The van der Waals surface area contributed by atoms with E-state index in [1.165, 1.54) is 13.2 Å². The molecule has 1 amide bonds. The standard InChI is InChI=1S/C22H24F2N4O5/c1-11-18-12(2)32-21(19(18)20(30)27-26-11)25-17(29)10-28(14-5-6-14)9-13-4-7-15(33-22(23)24)16(8-13)31-3/h4,7-8,14,22H,5-6,9-10H2,1-3H3,(H,25,29)(H,27,30). The highest BCUT2D eigenvalue weighted by atomic mass is 19.3. The van der Waals surface area contributed by atoms with Gasteiger partial charge in [0, 0.05) is 12.6 Å². The summed E-state index contributed by atoms with van der Waals surface area (Å²) in [6, 6.07) is 4.92. The Morgan fingerprint density at radius 1 is 1.30 bits per heavy atom. The first-order chi connectivity index (χ1) is 15.8. The summed E-state index contributed by atoms with van der Waals surface area (Å²) in [5.41, 5.74) is 0.935. The number of rotatable bonds is 9. The Kier molecular flexibility index (Phi) is 6.32. The predicted molar refractivity (Wildman–Crippen MR) is 116 cm³/mol. The summed E-state index contributed by atoms with van der Waals surface area (Å²) >= 11 is 0. The highest BCUT2D eigenvalue weighted by Gasteiger charge is 2.31. The summed E-state index contributed by atoms with van der Waals surface area (Å²) < 4.78 is 40.4. The molecule has 1 saturated carbocycles. The predicted octanol–water partition coefficient (Wildman–Crippen LogP) is 3.35. The summed E-state index contributed by atoms with van der Waals surface area (Å²) in [5, 5.41) is 9.88. The van der Waals surface area contributed by atoms with Crippen LogP contribution in [-0.4, -0.2) is 47.3 Å². The second kappa shape index (κ2) is 9.18. The van der Waals surface area contributed by atoms with Crippen molar-refractivity contribution in [2.24, 2.45) is 0 Å². The zero-order valence-corrected chi connectivity index (χ0v) is 18.4. The van der Waals surface area contributed by atoms with Crippen molar-refractivity contribution in [3.8, 4) is 11.5 Å². The van der Waals surface area contributed by atoms with Gasteiger partial charge in [-0.1, -0.05) is 6.07 Å². The van der Waals surface area contributed by atoms with E-state index in [0.29, 0.717) is 23.4 Å². The Morgan fingerprint density at radius 3 is 2.73 bits per heavy atom. The van der Waals surface area contributed by atoms with Crippen LogP contribution in [-0.2, 0) is 11.3 Å². The smallest absolute Gasteiger partial charge is 0.387 e. The molecule has 0 bridgehead atoms. The molecule has 1 aromatic carbocycles. The summed E-state index contributed by atoms with van der Waals surface area (Å²) in [7, 11) is 1.37. The SMILES string of the molecule is COc1cc(CN(CC(=O)Nc2oc(C)c3c(C)n[nH]c(=O)c23)C2CC2)ccc1OC(F)F. The maximum absolute atomic E-state index is 12.8. The van der Waals surface area contributed by atoms with Crippen molar-refractivity contribution >= 4 is 22.6 Å². The van der Waals surface area contributed by atoms with E-state index >= 15 is 0 Å². The van der Waals surface area contributed by atoms with Gasteiger partial charge in [-0.25, -0.2) is 5.10 Å². The van der Waals surface area contributed by atoms with Crippen LogP contribution in [0.4, 0.5) is 14.7 Å². The van der Waals surface area contributed by atoms with E-state index in [1.807, 2.05) is 4.90 Å². The number of aromatic nitrogens is 2. The Bertz CT molecular complexity index is 1240. The maximum Gasteiger partial charge on any atom is 0.387 e. The first-order valence-electron chi connectivity index (χ1n) is 10.4. The molecule has 9 nitrogen and oxygen atoms in total. The minimum absolute atomic E-state index is 0.0537. The van der Waals surface area contributed by atoms with Crippen LogP contribution < -0.4 is 20.3 Å². The molecule has 2 N–H and O–H groups in total. The molecule has 3 aromatic rings. The second-order valence-corrected chi connectivity index (χ2v) is 7.92. The number of hydrogen-bond donors (Lipinski definition) is 2. The summed E-state index contributed by atoms with van der Waals surface area (Å²) in [6.07, 6.45) is 1.90. The van der Waals surface area contributed by atoms with Gasteiger partial charge in [0.25, 0.3) is 5.56 Å². The molecule has 0 unspecified atom stereocenters. The number of aromatic amines is 1. The number of nitrogens with zero attached hydrogens (tertiary/aromatic N) is 2. The molecular weight excluding hydrogens is 438 g/mol. The highest BCUT2D eigenvalue weighted by Crippen LogP contribution is 2.33. The van der Waals surface area contributed by atoms with E-state index < -0.39 is 12.2 Å². The van der Waals surface area contributed by atoms with Gasteiger partial charge in [0.05, 0.1) is 24.7 Å². The van der Waals surface area contributed by atoms with E-state index in [2.05, 4.69) is 20.3 Å². The van der Waals surface area contributed by atoms with E-state index in [4.69, 9.17) is 9.15 Å². The number of ether oxygens (including phenoxy) is 2. The number of alkyl halides is 2. The lowest BCUT2D eigenvalue weighted by Crippen LogP contribution is -2.34. The molecular formula is C22H24F2N4O5. The van der Waals surface area contributed by atoms with Gasteiger partial charge in [0.1, 0.15) is 11.1 Å². The van der Waals surface area contributed by atoms with E-state index in [1.54, 1.807) is 26.0 Å². The number of fused-ring (bicyclic) bond motifs is 1. The number of anilines is 1. The van der Waals surface area contributed by atoms with Crippen molar-refractivity contribution in [2.75, 3.05) is 19.0 Å². The van der Waals surface area contributed by atoms with Gasteiger partial charge in [-0.3, -0.25) is 19.8 Å². The van der Waals surface area contributed by atoms with Crippen LogP contribution in [0, 0.1) is 13.8 Å². The van der Waals surface area contributed by atoms with Gasteiger partial charge in [0.15, 0.2) is 11.5 Å². The number of carbonyl (C=O) groups excluding carboxylic acids is 1. The first-order valence-corrected chi connectivity index (χ1v) is 10.4. The molecule has 1 fully saturated rings. The maximum atomic E-state index is 12.8. The zero-order valence-electron chi connectivity index (χ0n) is 18.4. The Hall–Kier alpha value is -3.47. The topological polar surface area (TPSA) is 110 Å². The number of hydrogen-bond acceptors (Lipinski definition) is 7. The molecule has 4 rings (SSSR count). The lowest BCUT2D eigenvalue weighted by molar-refractivity contribution is -0.117. The largest absolute Gasteiger partial charge is 0.493 e. The van der Waals surface area contributed by atoms with Crippen molar-refractivity contribution in [1.29, 1.82) is 0 Å². The number of halogens is 2. The zero-order chi connectivity index (χ0) is 23.7. The van der Waals surface area contributed by atoms with Gasteiger partial charge in [-0.2, -0.15) is 13.9 Å². The third kappa shape index (κ3) is 4.98. The molecule has 2 heterocycles. The molecule has 1 aliphatic rings. The van der Waals surface area contributed by atoms with E-state index in [0.717, 1.165) is 18.4 Å². The fourth-order valence-corrected chi connectivity index (χ4v) is 3.87. The molecule has 0 atom stereocenters. The van der Waals surface area contributed by atoms with Gasteiger partial charge in [0.2, 0.25) is 11.8 Å². The minimum atomic E-state index is -2.95. The quantitative estimate of drug-likeness (QED) is 0.502. The lowest BCUT2D eigenvalue weighted by atomic mass is 10.2. The normalized spacial score (nSPS) is 13.7. The minimum Gasteiger partial charge on any atom is -0.493 e. The lowest BCUT2D eigenvalue weighted by Gasteiger charge is -2.22. The number of amides is 1. The third-order valence-electron chi connectivity index (χ3n) is 5.49. The van der Waals surface area contributed by atoms with Crippen molar-refractivity contribution in [1.82, 2.24) is 15.1 Å². The molecule has 2 aromatic heterocycles. The number of methoxy groups -OCH3 is 1. The summed E-state index contributed by atoms with van der Waals surface area (Å²) in [6.45, 7) is 0.963. The van der Waals surface area contributed by atoms with E-state index in [9.17, 15) is 18.4 Å². The van der Waals surface area contributed by atoms with Crippen LogP contribution in [0.1, 0.15) is 29.9 Å². The second-order valence-electron chi connectivity index (χ2n) is 7.92. The Labute approximate surface area is 187 Å². The molecule has 11 heteroatoms.